The lowest BCUT2D eigenvalue weighted by molar-refractivity contribution is -0.131. The molecular weight excluding hydrogens is 254 g/mol. The van der Waals surface area contributed by atoms with Crippen LogP contribution in [0, 0.1) is 6.92 Å². The molecule has 0 aliphatic carbocycles. The van der Waals surface area contributed by atoms with Crippen molar-refractivity contribution in [3.05, 3.63) is 65.5 Å². The number of aryl methyl sites for hydroxylation is 1. The molecule has 0 unspecified atom stereocenters. The molecule has 1 N–H and O–H groups in total. The predicted octanol–water partition coefficient (Wildman–Crippen LogP) is 3.07. The van der Waals surface area contributed by atoms with E-state index in [2.05, 4.69) is 4.98 Å². The summed E-state index contributed by atoms with van der Waals surface area (Å²) in [5.41, 5.74) is 2.73. The van der Waals surface area contributed by atoms with Crippen LogP contribution in [0.25, 0.3) is 6.08 Å². The number of carboxylic acids is 1. The summed E-state index contributed by atoms with van der Waals surface area (Å²) in [6.07, 6.45) is 6.06. The molecule has 20 heavy (non-hydrogen) atoms. The van der Waals surface area contributed by atoms with E-state index in [0.717, 1.165) is 22.8 Å². The van der Waals surface area contributed by atoms with Gasteiger partial charge in [-0.3, -0.25) is 4.98 Å². The lowest BCUT2D eigenvalue weighted by Crippen LogP contribution is -1.99. The van der Waals surface area contributed by atoms with Crippen LogP contribution < -0.4 is 4.74 Å². The fraction of sp³-hybridized carbons (Fsp3) is 0.125. The quantitative estimate of drug-likeness (QED) is 0.847. The van der Waals surface area contributed by atoms with Crippen LogP contribution in [-0.2, 0) is 11.4 Å². The summed E-state index contributed by atoms with van der Waals surface area (Å²) in [5.74, 6) is -0.284. The number of benzene rings is 1. The van der Waals surface area contributed by atoms with Gasteiger partial charge < -0.3 is 9.84 Å². The van der Waals surface area contributed by atoms with Crippen molar-refractivity contribution in [1.29, 1.82) is 0 Å². The third-order valence-corrected chi connectivity index (χ3v) is 2.78. The number of rotatable bonds is 5. The van der Waals surface area contributed by atoms with Crippen LogP contribution in [0.5, 0.6) is 5.75 Å². The van der Waals surface area contributed by atoms with Gasteiger partial charge in [-0.2, -0.15) is 0 Å². The van der Waals surface area contributed by atoms with Gasteiger partial charge in [0.25, 0.3) is 0 Å². The standard InChI is InChI=1S/C16H15NO3/c1-12-3-2-4-14(5-6-15(18)19)16(12)20-11-13-7-9-17-10-8-13/h2-10H,11H2,1H3,(H,18,19)/b6-5+. The van der Waals surface area contributed by atoms with Crippen molar-refractivity contribution in [3.63, 3.8) is 0 Å². The highest BCUT2D eigenvalue weighted by Gasteiger charge is 2.05. The van der Waals surface area contributed by atoms with Gasteiger partial charge in [-0.1, -0.05) is 18.2 Å². The zero-order chi connectivity index (χ0) is 14.4. The number of aliphatic carboxylic acids is 1. The number of pyridine rings is 1. The maximum atomic E-state index is 10.6. The first-order chi connectivity index (χ1) is 9.66. The van der Waals surface area contributed by atoms with E-state index in [0.29, 0.717) is 12.4 Å². The fourth-order valence-electron chi connectivity index (χ4n) is 1.80. The van der Waals surface area contributed by atoms with Gasteiger partial charge in [0.05, 0.1) is 0 Å². The summed E-state index contributed by atoms with van der Waals surface area (Å²) in [6, 6.07) is 9.39. The molecule has 1 aromatic heterocycles. The third-order valence-electron chi connectivity index (χ3n) is 2.78. The van der Waals surface area contributed by atoms with Crippen molar-refractivity contribution in [2.24, 2.45) is 0 Å². The Kier molecular flexibility index (Phi) is 4.50. The minimum Gasteiger partial charge on any atom is -0.488 e. The maximum absolute atomic E-state index is 10.6. The Morgan fingerprint density at radius 2 is 2.05 bits per heavy atom. The SMILES string of the molecule is Cc1cccc(/C=C/C(=O)O)c1OCc1ccncc1. The average Bonchev–Trinajstić information content (AvgIpc) is 2.45. The van der Waals surface area contributed by atoms with Crippen molar-refractivity contribution >= 4 is 12.0 Å². The second-order valence-corrected chi connectivity index (χ2v) is 4.31. The Bertz CT molecular complexity index is 621. The van der Waals surface area contributed by atoms with Crippen molar-refractivity contribution in [2.45, 2.75) is 13.5 Å². The fourth-order valence-corrected chi connectivity index (χ4v) is 1.80. The molecule has 0 aliphatic rings. The van der Waals surface area contributed by atoms with E-state index in [1.165, 1.54) is 6.08 Å². The molecule has 2 aromatic rings. The Morgan fingerprint density at radius 1 is 1.30 bits per heavy atom. The topological polar surface area (TPSA) is 59.4 Å². The van der Waals surface area contributed by atoms with Gasteiger partial charge in [0.1, 0.15) is 12.4 Å². The number of para-hydroxylation sites is 1. The summed E-state index contributed by atoms with van der Waals surface area (Å²) in [6.45, 7) is 2.35. The molecule has 2 rings (SSSR count). The minimum atomic E-state index is -0.980. The molecule has 0 amide bonds. The first-order valence-electron chi connectivity index (χ1n) is 6.19. The number of carbonyl (C=O) groups is 1. The molecule has 4 heteroatoms. The lowest BCUT2D eigenvalue weighted by Gasteiger charge is -2.12. The molecule has 0 aliphatic heterocycles. The van der Waals surface area contributed by atoms with Gasteiger partial charge in [-0.05, 0) is 36.3 Å². The number of hydrogen-bond donors (Lipinski definition) is 1. The summed E-state index contributed by atoms with van der Waals surface area (Å²) < 4.78 is 5.81. The molecule has 0 radical (unpaired) electrons. The number of ether oxygens (including phenoxy) is 1. The Balaban J connectivity index is 2.19. The average molecular weight is 269 g/mol. The van der Waals surface area contributed by atoms with E-state index in [1.54, 1.807) is 12.4 Å². The van der Waals surface area contributed by atoms with Gasteiger partial charge in [0.2, 0.25) is 0 Å². The third kappa shape index (κ3) is 3.68. The van der Waals surface area contributed by atoms with Crippen LogP contribution in [0.15, 0.2) is 48.8 Å². The first kappa shape index (κ1) is 13.8. The lowest BCUT2D eigenvalue weighted by atomic mass is 10.1. The highest BCUT2D eigenvalue weighted by atomic mass is 16.5. The van der Waals surface area contributed by atoms with Crippen molar-refractivity contribution in [1.82, 2.24) is 4.98 Å². The van der Waals surface area contributed by atoms with E-state index < -0.39 is 5.97 Å². The Hall–Kier alpha value is -2.62. The number of nitrogens with zero attached hydrogens (tertiary/aromatic N) is 1. The molecular formula is C16H15NO3. The summed E-state index contributed by atoms with van der Waals surface area (Å²) in [5, 5.41) is 8.71. The highest BCUT2D eigenvalue weighted by Crippen LogP contribution is 2.25. The van der Waals surface area contributed by atoms with Gasteiger partial charge in [0, 0.05) is 24.0 Å². The van der Waals surface area contributed by atoms with Crippen LogP contribution in [0.4, 0.5) is 0 Å². The van der Waals surface area contributed by atoms with E-state index >= 15 is 0 Å². The van der Waals surface area contributed by atoms with E-state index in [1.807, 2.05) is 37.3 Å². The molecule has 4 nitrogen and oxygen atoms in total. The summed E-state index contributed by atoms with van der Waals surface area (Å²) >= 11 is 0. The zero-order valence-electron chi connectivity index (χ0n) is 11.1. The second kappa shape index (κ2) is 6.52. The molecule has 0 fully saturated rings. The molecule has 0 saturated carbocycles. The molecule has 0 saturated heterocycles. The van der Waals surface area contributed by atoms with Crippen molar-refractivity contribution in [2.75, 3.05) is 0 Å². The Morgan fingerprint density at radius 3 is 2.75 bits per heavy atom. The van der Waals surface area contributed by atoms with E-state index in [-0.39, 0.29) is 0 Å². The van der Waals surface area contributed by atoms with Gasteiger partial charge in [-0.15, -0.1) is 0 Å². The number of aromatic nitrogens is 1. The van der Waals surface area contributed by atoms with Crippen LogP contribution in [-0.4, -0.2) is 16.1 Å². The molecule has 102 valence electrons. The molecule has 0 spiro atoms. The molecule has 0 bridgehead atoms. The zero-order valence-corrected chi connectivity index (χ0v) is 11.1. The number of carboxylic acid groups (broad SMARTS) is 1. The molecule has 1 heterocycles. The predicted molar refractivity (Wildman–Crippen MR) is 76.4 cm³/mol. The van der Waals surface area contributed by atoms with E-state index in [4.69, 9.17) is 9.84 Å². The normalized spacial score (nSPS) is 10.7. The van der Waals surface area contributed by atoms with Crippen LogP contribution in [0.2, 0.25) is 0 Å². The minimum absolute atomic E-state index is 0.418. The molecule has 1 aromatic carbocycles. The van der Waals surface area contributed by atoms with Crippen LogP contribution in [0.3, 0.4) is 0 Å². The summed E-state index contributed by atoms with van der Waals surface area (Å²) in [7, 11) is 0. The smallest absolute Gasteiger partial charge is 0.328 e. The largest absolute Gasteiger partial charge is 0.488 e. The number of hydrogen-bond acceptors (Lipinski definition) is 3. The second-order valence-electron chi connectivity index (χ2n) is 4.31. The van der Waals surface area contributed by atoms with E-state index in [9.17, 15) is 4.79 Å². The van der Waals surface area contributed by atoms with Crippen LogP contribution in [0.1, 0.15) is 16.7 Å². The Labute approximate surface area is 117 Å². The van der Waals surface area contributed by atoms with Gasteiger partial charge in [0.15, 0.2) is 0 Å². The maximum Gasteiger partial charge on any atom is 0.328 e. The molecule has 0 atom stereocenters. The highest BCUT2D eigenvalue weighted by molar-refractivity contribution is 5.86. The van der Waals surface area contributed by atoms with Gasteiger partial charge >= 0.3 is 5.97 Å². The monoisotopic (exact) mass is 269 g/mol. The summed E-state index contributed by atoms with van der Waals surface area (Å²) in [4.78, 5) is 14.6. The first-order valence-corrected chi connectivity index (χ1v) is 6.19. The van der Waals surface area contributed by atoms with Crippen molar-refractivity contribution in [3.8, 4) is 5.75 Å². The van der Waals surface area contributed by atoms with Gasteiger partial charge in [-0.25, -0.2) is 4.79 Å². The van der Waals surface area contributed by atoms with Crippen LogP contribution >= 0.6 is 0 Å². The van der Waals surface area contributed by atoms with Crippen molar-refractivity contribution < 1.29 is 14.6 Å².